The van der Waals surface area contributed by atoms with E-state index in [0.717, 1.165) is 44.6 Å². The van der Waals surface area contributed by atoms with E-state index in [9.17, 15) is 4.79 Å². The zero-order valence-electron chi connectivity index (χ0n) is 11.2. The van der Waals surface area contributed by atoms with Crippen molar-refractivity contribution in [2.75, 3.05) is 26.2 Å². The number of benzene rings is 1. The molecule has 0 aliphatic carbocycles. The van der Waals surface area contributed by atoms with Crippen LogP contribution in [0.2, 0.25) is 0 Å². The van der Waals surface area contributed by atoms with Crippen molar-refractivity contribution >= 4 is 53.5 Å². The first-order valence-electron chi connectivity index (χ1n) is 6.33. The van der Waals surface area contributed by atoms with Crippen LogP contribution in [0.1, 0.15) is 13.8 Å². The molecule has 20 heavy (non-hydrogen) atoms. The van der Waals surface area contributed by atoms with Gasteiger partial charge in [0.25, 0.3) is 0 Å². The second-order valence-electron chi connectivity index (χ2n) is 4.16. The predicted octanol–water partition coefficient (Wildman–Crippen LogP) is 4.10. The Kier molecular flexibility index (Phi) is 5.65. The van der Waals surface area contributed by atoms with Crippen molar-refractivity contribution < 1.29 is 9.15 Å². The van der Waals surface area contributed by atoms with Crippen LogP contribution in [-0.4, -0.2) is 31.1 Å². The fourth-order valence-electron chi connectivity index (χ4n) is 1.88. The number of likely N-dealkylation sites (N-methyl/N-ethyl adjacent to an activating group) is 1. The maximum atomic E-state index is 11.3. The van der Waals surface area contributed by atoms with E-state index >= 15 is 0 Å². The predicted molar refractivity (Wildman–Crippen MR) is 89.0 cm³/mol. The molecule has 0 radical (unpaired) electrons. The molecular weight excluding hydrogens is 410 g/mol. The zero-order valence-corrected chi connectivity index (χ0v) is 15.2. The van der Waals surface area contributed by atoms with Crippen molar-refractivity contribution in [2.45, 2.75) is 13.8 Å². The van der Waals surface area contributed by atoms with Gasteiger partial charge in [0, 0.05) is 12.6 Å². The van der Waals surface area contributed by atoms with Gasteiger partial charge in [0.15, 0.2) is 5.58 Å². The first kappa shape index (κ1) is 16.0. The number of hydrogen-bond acceptors (Lipinski definition) is 5. The van der Waals surface area contributed by atoms with Crippen LogP contribution in [0.3, 0.4) is 0 Å². The van der Waals surface area contributed by atoms with E-state index in [-0.39, 0.29) is 4.94 Å². The number of nitrogens with zero attached hydrogens (tertiary/aromatic N) is 1. The Balaban J connectivity index is 2.19. The molecule has 7 heteroatoms. The molecule has 1 aromatic heterocycles. The minimum atomic E-state index is -0.312. The lowest BCUT2D eigenvalue weighted by Gasteiger charge is -2.18. The lowest BCUT2D eigenvalue weighted by Crippen LogP contribution is -2.28. The van der Waals surface area contributed by atoms with Gasteiger partial charge >= 0.3 is 4.94 Å². The average molecular weight is 425 g/mol. The van der Waals surface area contributed by atoms with Gasteiger partial charge in [0.05, 0.1) is 13.6 Å². The molecule has 2 aromatic rings. The van der Waals surface area contributed by atoms with Crippen LogP contribution in [0.25, 0.3) is 10.3 Å². The Morgan fingerprint density at radius 3 is 2.70 bits per heavy atom. The number of hydrogen-bond donors (Lipinski definition) is 0. The van der Waals surface area contributed by atoms with Gasteiger partial charge in [-0.15, -0.1) is 0 Å². The maximum Gasteiger partial charge on any atom is 0.396 e. The van der Waals surface area contributed by atoms with E-state index in [1.165, 1.54) is 0 Å². The summed E-state index contributed by atoms with van der Waals surface area (Å²) < 4.78 is 13.3. The van der Waals surface area contributed by atoms with Gasteiger partial charge in [-0.05, 0) is 44.9 Å². The summed E-state index contributed by atoms with van der Waals surface area (Å²) in [4.78, 5) is 13.3. The van der Waals surface area contributed by atoms with Crippen LogP contribution >= 0.6 is 43.2 Å². The van der Waals surface area contributed by atoms with Crippen LogP contribution in [-0.2, 0) is 0 Å². The van der Waals surface area contributed by atoms with Crippen molar-refractivity contribution in [2.24, 2.45) is 0 Å². The molecule has 0 saturated heterocycles. The summed E-state index contributed by atoms with van der Waals surface area (Å²) in [6.07, 6.45) is 0. The summed E-state index contributed by atoms with van der Waals surface area (Å²) in [5.41, 5.74) is 0.565. The summed E-state index contributed by atoms with van der Waals surface area (Å²) in [5, 5.41) is 0. The minimum absolute atomic E-state index is 0.312. The highest BCUT2D eigenvalue weighted by molar-refractivity contribution is 9.11. The van der Waals surface area contributed by atoms with E-state index in [0.29, 0.717) is 17.9 Å². The third-order valence-corrected chi connectivity index (χ3v) is 5.49. The number of halogens is 2. The topological polar surface area (TPSA) is 42.7 Å². The molecule has 2 rings (SSSR count). The van der Waals surface area contributed by atoms with Gasteiger partial charge in [-0.3, -0.25) is 0 Å². The van der Waals surface area contributed by atoms with Crippen molar-refractivity contribution in [1.29, 1.82) is 0 Å². The molecule has 0 fully saturated rings. The van der Waals surface area contributed by atoms with Crippen LogP contribution in [0.15, 0.2) is 24.2 Å². The SMILES string of the molecule is CCN(CC)CCOc1c(Br)cc2oc(=O)sc2c1Br. The Morgan fingerprint density at radius 1 is 1.35 bits per heavy atom. The maximum absolute atomic E-state index is 11.3. The van der Waals surface area contributed by atoms with E-state index in [4.69, 9.17) is 9.15 Å². The monoisotopic (exact) mass is 423 g/mol. The molecule has 0 atom stereocenters. The van der Waals surface area contributed by atoms with Crippen LogP contribution < -0.4 is 9.68 Å². The molecule has 0 amide bonds. The first-order chi connectivity index (χ1) is 9.56. The summed E-state index contributed by atoms with van der Waals surface area (Å²) in [6.45, 7) is 7.73. The van der Waals surface area contributed by atoms with Crippen LogP contribution in [0, 0.1) is 0 Å². The highest BCUT2D eigenvalue weighted by Crippen LogP contribution is 2.40. The summed E-state index contributed by atoms with van der Waals surface area (Å²) in [7, 11) is 0. The molecule has 110 valence electrons. The zero-order chi connectivity index (χ0) is 14.7. The third kappa shape index (κ3) is 3.44. The van der Waals surface area contributed by atoms with Gasteiger partial charge in [-0.25, -0.2) is 4.79 Å². The minimum Gasteiger partial charge on any atom is -0.490 e. The standard InChI is InChI=1S/C13H15Br2NO3S/c1-3-16(4-2)5-6-18-11-8(14)7-9-12(10(11)15)20-13(17)19-9/h7H,3-6H2,1-2H3. The first-order valence-corrected chi connectivity index (χ1v) is 8.73. The Morgan fingerprint density at radius 2 is 2.05 bits per heavy atom. The molecule has 0 bridgehead atoms. The average Bonchev–Trinajstić information content (AvgIpc) is 2.79. The second-order valence-corrected chi connectivity index (χ2v) is 6.75. The lowest BCUT2D eigenvalue weighted by atomic mass is 10.3. The summed E-state index contributed by atoms with van der Waals surface area (Å²) >= 11 is 8.01. The number of fused-ring (bicyclic) bond motifs is 1. The number of ether oxygens (including phenoxy) is 1. The van der Waals surface area contributed by atoms with Gasteiger partial charge in [0.2, 0.25) is 0 Å². The van der Waals surface area contributed by atoms with Crippen molar-refractivity contribution in [3.8, 4) is 5.75 Å². The lowest BCUT2D eigenvalue weighted by molar-refractivity contribution is 0.221. The Hall–Kier alpha value is -0.370. The highest BCUT2D eigenvalue weighted by atomic mass is 79.9. The van der Waals surface area contributed by atoms with E-state index in [1.807, 2.05) is 0 Å². The van der Waals surface area contributed by atoms with Crippen molar-refractivity contribution in [3.05, 3.63) is 24.7 Å². The van der Waals surface area contributed by atoms with Gasteiger partial charge < -0.3 is 14.1 Å². The molecular formula is C13H15Br2NO3S. The van der Waals surface area contributed by atoms with Gasteiger partial charge in [-0.2, -0.15) is 0 Å². The molecule has 4 nitrogen and oxygen atoms in total. The molecule has 0 saturated carbocycles. The Labute approximate surface area is 138 Å². The quantitative estimate of drug-likeness (QED) is 0.699. The Bertz CT molecular complexity index is 649. The van der Waals surface area contributed by atoms with Crippen LogP contribution in [0.5, 0.6) is 5.75 Å². The summed E-state index contributed by atoms with van der Waals surface area (Å²) in [6, 6.07) is 1.77. The molecule has 1 aromatic carbocycles. The highest BCUT2D eigenvalue weighted by Gasteiger charge is 2.16. The number of rotatable bonds is 6. The molecule has 0 unspecified atom stereocenters. The van der Waals surface area contributed by atoms with Crippen LogP contribution in [0.4, 0.5) is 0 Å². The molecule has 1 heterocycles. The van der Waals surface area contributed by atoms with Gasteiger partial charge in [-0.1, -0.05) is 25.2 Å². The molecule has 0 aliphatic rings. The molecule has 0 N–H and O–H groups in total. The normalized spacial score (nSPS) is 11.4. The van der Waals surface area contributed by atoms with Crippen molar-refractivity contribution in [3.63, 3.8) is 0 Å². The van der Waals surface area contributed by atoms with E-state index in [2.05, 4.69) is 50.6 Å². The molecule has 0 aliphatic heterocycles. The summed E-state index contributed by atoms with van der Waals surface area (Å²) in [5.74, 6) is 0.710. The van der Waals surface area contributed by atoms with Crippen molar-refractivity contribution in [1.82, 2.24) is 4.90 Å². The smallest absolute Gasteiger partial charge is 0.396 e. The third-order valence-electron chi connectivity index (χ3n) is 3.02. The van der Waals surface area contributed by atoms with E-state index in [1.54, 1.807) is 6.07 Å². The molecule has 0 spiro atoms. The fraction of sp³-hybridized carbons (Fsp3) is 0.462. The second kappa shape index (κ2) is 7.06. The largest absolute Gasteiger partial charge is 0.490 e. The van der Waals surface area contributed by atoms with E-state index < -0.39 is 0 Å². The van der Waals surface area contributed by atoms with Gasteiger partial charge in [0.1, 0.15) is 12.4 Å². The fourth-order valence-corrected chi connectivity index (χ4v) is 4.11.